The lowest BCUT2D eigenvalue weighted by Gasteiger charge is -2.31. The Balaban J connectivity index is 1.91. The molecule has 1 N–H and O–H groups in total. The molecule has 0 saturated carbocycles. The van der Waals surface area contributed by atoms with Gasteiger partial charge in [0.1, 0.15) is 0 Å². The van der Waals surface area contributed by atoms with Crippen LogP contribution < -0.4 is 5.32 Å². The van der Waals surface area contributed by atoms with Crippen LogP contribution in [0.5, 0.6) is 0 Å². The van der Waals surface area contributed by atoms with Gasteiger partial charge in [-0.05, 0) is 39.2 Å². The van der Waals surface area contributed by atoms with Crippen molar-refractivity contribution in [2.45, 2.75) is 39.7 Å². The Morgan fingerprint density at radius 3 is 2.70 bits per heavy atom. The molecular weight excluding hydrogens is 292 g/mol. The van der Waals surface area contributed by atoms with Gasteiger partial charge in [0.05, 0.1) is 18.6 Å². The molecule has 2 amide bonds. The zero-order chi connectivity index (χ0) is 16.8. The van der Waals surface area contributed by atoms with Crippen LogP contribution in [0.15, 0.2) is 24.3 Å². The van der Waals surface area contributed by atoms with E-state index in [9.17, 15) is 9.59 Å². The molecule has 2 rings (SSSR count). The van der Waals surface area contributed by atoms with Gasteiger partial charge in [0, 0.05) is 13.1 Å². The van der Waals surface area contributed by atoms with Crippen LogP contribution in [0.2, 0.25) is 0 Å². The second-order valence-corrected chi connectivity index (χ2v) is 6.13. The summed E-state index contributed by atoms with van der Waals surface area (Å²) >= 11 is 0. The Hall–Kier alpha value is -2.04. The molecule has 1 aromatic carbocycles. The van der Waals surface area contributed by atoms with Gasteiger partial charge < -0.3 is 15.0 Å². The van der Waals surface area contributed by atoms with Crippen LogP contribution in [0.4, 0.5) is 4.79 Å². The summed E-state index contributed by atoms with van der Waals surface area (Å²) in [5, 5.41) is 3.06. The Labute approximate surface area is 138 Å². The lowest BCUT2D eigenvalue weighted by Crippen LogP contribution is -2.46. The Morgan fingerprint density at radius 1 is 1.35 bits per heavy atom. The molecule has 5 nitrogen and oxygen atoms in total. The summed E-state index contributed by atoms with van der Waals surface area (Å²) in [4.78, 5) is 25.9. The topological polar surface area (TPSA) is 58.6 Å². The van der Waals surface area contributed by atoms with E-state index in [0.717, 1.165) is 18.4 Å². The fraction of sp³-hybridized carbons (Fsp3) is 0.556. The summed E-state index contributed by atoms with van der Waals surface area (Å²) in [6.07, 6.45) is 1.31. The zero-order valence-electron chi connectivity index (χ0n) is 14.2. The maximum Gasteiger partial charge on any atom is 0.409 e. The number of nitrogens with one attached hydrogen (secondary N) is 1. The van der Waals surface area contributed by atoms with Crippen LogP contribution in [0.3, 0.4) is 0 Å². The van der Waals surface area contributed by atoms with Crippen molar-refractivity contribution in [1.29, 1.82) is 0 Å². The van der Waals surface area contributed by atoms with Crippen LogP contribution in [0.1, 0.15) is 43.9 Å². The standard InChI is InChI=1S/C18H26N2O3/c1-4-23-18(22)20-11-5-6-16(12-20)17(21)19-14(3)15-9-7-13(2)8-10-15/h7-10,14,16H,4-6,11-12H2,1-3H3,(H,19,21). The minimum atomic E-state index is -0.323. The van der Waals surface area contributed by atoms with E-state index in [1.165, 1.54) is 5.56 Å². The van der Waals surface area contributed by atoms with Crippen molar-refractivity contribution in [3.63, 3.8) is 0 Å². The van der Waals surface area contributed by atoms with Gasteiger partial charge in [-0.1, -0.05) is 29.8 Å². The number of carbonyl (C=O) groups excluding carboxylic acids is 2. The summed E-state index contributed by atoms with van der Waals surface area (Å²) in [7, 11) is 0. The highest BCUT2D eigenvalue weighted by molar-refractivity contribution is 5.80. The Bertz CT molecular complexity index is 542. The monoisotopic (exact) mass is 318 g/mol. The number of ether oxygens (including phenoxy) is 1. The number of hydrogen-bond donors (Lipinski definition) is 1. The first-order chi connectivity index (χ1) is 11.0. The number of benzene rings is 1. The highest BCUT2D eigenvalue weighted by Gasteiger charge is 2.29. The van der Waals surface area contributed by atoms with E-state index < -0.39 is 0 Å². The van der Waals surface area contributed by atoms with Crippen molar-refractivity contribution in [1.82, 2.24) is 10.2 Å². The summed E-state index contributed by atoms with van der Waals surface area (Å²) in [6, 6.07) is 8.11. The Morgan fingerprint density at radius 2 is 2.04 bits per heavy atom. The molecule has 1 saturated heterocycles. The van der Waals surface area contributed by atoms with E-state index in [2.05, 4.69) is 5.32 Å². The SMILES string of the molecule is CCOC(=O)N1CCCC(C(=O)NC(C)c2ccc(C)cc2)C1. The predicted octanol–water partition coefficient (Wildman–Crippen LogP) is 3.04. The van der Waals surface area contributed by atoms with Gasteiger partial charge in [0.25, 0.3) is 0 Å². The molecule has 0 aliphatic carbocycles. The highest BCUT2D eigenvalue weighted by atomic mass is 16.6. The van der Waals surface area contributed by atoms with Crippen LogP contribution in [-0.2, 0) is 9.53 Å². The minimum Gasteiger partial charge on any atom is -0.450 e. The average Bonchev–Trinajstić information content (AvgIpc) is 2.55. The maximum absolute atomic E-state index is 12.5. The third-order valence-corrected chi connectivity index (χ3v) is 4.25. The number of nitrogens with zero attached hydrogens (tertiary/aromatic N) is 1. The van der Waals surface area contributed by atoms with E-state index >= 15 is 0 Å². The van der Waals surface area contributed by atoms with E-state index in [1.54, 1.807) is 11.8 Å². The molecule has 23 heavy (non-hydrogen) atoms. The number of likely N-dealkylation sites (tertiary alicyclic amines) is 1. The fourth-order valence-electron chi connectivity index (χ4n) is 2.84. The van der Waals surface area contributed by atoms with E-state index in [4.69, 9.17) is 4.74 Å². The van der Waals surface area contributed by atoms with Gasteiger partial charge in [-0.15, -0.1) is 0 Å². The van der Waals surface area contributed by atoms with E-state index in [1.807, 2.05) is 38.1 Å². The third-order valence-electron chi connectivity index (χ3n) is 4.25. The van der Waals surface area contributed by atoms with Gasteiger partial charge in [-0.2, -0.15) is 0 Å². The normalized spacial score (nSPS) is 19.1. The maximum atomic E-state index is 12.5. The largest absolute Gasteiger partial charge is 0.450 e. The molecular formula is C18H26N2O3. The summed E-state index contributed by atoms with van der Waals surface area (Å²) in [6.45, 7) is 7.26. The van der Waals surface area contributed by atoms with Crippen LogP contribution in [-0.4, -0.2) is 36.6 Å². The van der Waals surface area contributed by atoms with Crippen molar-refractivity contribution in [3.05, 3.63) is 35.4 Å². The molecule has 2 atom stereocenters. The van der Waals surface area contributed by atoms with Gasteiger partial charge in [-0.25, -0.2) is 4.79 Å². The molecule has 1 aliphatic rings. The molecule has 0 bridgehead atoms. The van der Waals surface area contributed by atoms with Crippen LogP contribution in [0, 0.1) is 12.8 Å². The number of aryl methyl sites for hydroxylation is 1. The predicted molar refractivity (Wildman–Crippen MR) is 89.1 cm³/mol. The van der Waals surface area contributed by atoms with Gasteiger partial charge in [0.15, 0.2) is 0 Å². The molecule has 1 fully saturated rings. The highest BCUT2D eigenvalue weighted by Crippen LogP contribution is 2.20. The fourth-order valence-corrected chi connectivity index (χ4v) is 2.84. The van der Waals surface area contributed by atoms with Gasteiger partial charge in [-0.3, -0.25) is 4.79 Å². The van der Waals surface area contributed by atoms with E-state index in [0.29, 0.717) is 19.7 Å². The van der Waals surface area contributed by atoms with Gasteiger partial charge >= 0.3 is 6.09 Å². The number of amides is 2. The average molecular weight is 318 g/mol. The second kappa shape index (κ2) is 7.99. The first-order valence-corrected chi connectivity index (χ1v) is 8.30. The van der Waals surface area contributed by atoms with Crippen molar-refractivity contribution in [3.8, 4) is 0 Å². The summed E-state index contributed by atoms with van der Waals surface area (Å²) in [5.41, 5.74) is 2.28. The summed E-state index contributed by atoms with van der Waals surface area (Å²) < 4.78 is 5.03. The van der Waals surface area contributed by atoms with Crippen molar-refractivity contribution in [2.75, 3.05) is 19.7 Å². The molecule has 5 heteroatoms. The van der Waals surface area contributed by atoms with Crippen molar-refractivity contribution >= 4 is 12.0 Å². The second-order valence-electron chi connectivity index (χ2n) is 6.13. The molecule has 1 aromatic rings. The van der Waals surface area contributed by atoms with Crippen LogP contribution >= 0.6 is 0 Å². The third kappa shape index (κ3) is 4.71. The summed E-state index contributed by atoms with van der Waals surface area (Å²) in [5.74, 6) is -0.159. The smallest absolute Gasteiger partial charge is 0.409 e. The first kappa shape index (κ1) is 17.3. The van der Waals surface area contributed by atoms with Crippen molar-refractivity contribution in [2.24, 2.45) is 5.92 Å². The first-order valence-electron chi connectivity index (χ1n) is 8.30. The Kier molecular flexibility index (Phi) is 6.02. The number of carbonyl (C=O) groups is 2. The van der Waals surface area contributed by atoms with Crippen LogP contribution in [0.25, 0.3) is 0 Å². The zero-order valence-corrected chi connectivity index (χ0v) is 14.2. The molecule has 126 valence electrons. The quantitative estimate of drug-likeness (QED) is 0.928. The lowest BCUT2D eigenvalue weighted by atomic mass is 9.96. The molecule has 2 unspecified atom stereocenters. The van der Waals surface area contributed by atoms with Gasteiger partial charge in [0.2, 0.25) is 5.91 Å². The van der Waals surface area contributed by atoms with Crippen molar-refractivity contribution < 1.29 is 14.3 Å². The lowest BCUT2D eigenvalue weighted by molar-refractivity contribution is -0.127. The molecule has 0 radical (unpaired) electrons. The molecule has 1 heterocycles. The molecule has 0 spiro atoms. The molecule has 1 aliphatic heterocycles. The minimum absolute atomic E-state index is 0.00655. The van der Waals surface area contributed by atoms with E-state index in [-0.39, 0.29) is 24.0 Å². The number of rotatable bonds is 4. The molecule has 0 aromatic heterocycles. The number of piperidine rings is 1. The number of hydrogen-bond acceptors (Lipinski definition) is 3.